The van der Waals surface area contributed by atoms with Crippen LogP contribution in [0.4, 0.5) is 5.69 Å². The molecule has 0 unspecified atom stereocenters. The first kappa shape index (κ1) is 18.3. The number of hydrogen-bond donors (Lipinski definition) is 2. The van der Waals surface area contributed by atoms with Gasteiger partial charge in [-0.25, -0.2) is 0 Å². The summed E-state index contributed by atoms with van der Waals surface area (Å²) in [6, 6.07) is 16.0. The first-order valence-corrected chi connectivity index (χ1v) is 6.94. The summed E-state index contributed by atoms with van der Waals surface area (Å²) in [6.45, 7) is 2.69. The zero-order chi connectivity index (χ0) is 15.1. The summed E-state index contributed by atoms with van der Waals surface area (Å²) >= 11 is 0. The third-order valence-electron chi connectivity index (χ3n) is 3.14. The molecule has 0 bridgehead atoms. The van der Waals surface area contributed by atoms with Crippen molar-refractivity contribution in [3.8, 4) is 5.75 Å². The molecule has 2 rings (SSSR count). The van der Waals surface area contributed by atoms with Gasteiger partial charge in [-0.05, 0) is 43.2 Å². The Labute approximate surface area is 148 Å². The van der Waals surface area contributed by atoms with Gasteiger partial charge < -0.3 is 15.8 Å². The number of rotatable bonds is 5. The molecule has 22 heavy (non-hydrogen) atoms. The molecule has 2 aromatic rings. The van der Waals surface area contributed by atoms with Crippen LogP contribution in [0, 0.1) is 6.92 Å². The van der Waals surface area contributed by atoms with Crippen molar-refractivity contribution in [1.82, 2.24) is 0 Å². The number of hydrogen-bond acceptors (Lipinski definition) is 2. The molecule has 0 spiro atoms. The largest absolute Gasteiger partial charge is 0.497 e. The Bertz CT molecular complexity index is 612. The molecule has 0 fully saturated rings. The van der Waals surface area contributed by atoms with Crippen LogP contribution in [0.15, 0.2) is 53.5 Å². The lowest BCUT2D eigenvalue weighted by molar-refractivity contribution is 0.414. The van der Waals surface area contributed by atoms with E-state index in [4.69, 9.17) is 10.5 Å². The minimum absolute atomic E-state index is 0. The van der Waals surface area contributed by atoms with Crippen LogP contribution >= 0.6 is 24.0 Å². The molecule has 0 atom stereocenters. The van der Waals surface area contributed by atoms with Crippen molar-refractivity contribution >= 4 is 35.6 Å². The number of nitrogens with one attached hydrogen (secondary N) is 1. The lowest BCUT2D eigenvalue weighted by Crippen LogP contribution is -2.23. The van der Waals surface area contributed by atoms with Crippen LogP contribution < -0.4 is 15.8 Å². The van der Waals surface area contributed by atoms with Gasteiger partial charge >= 0.3 is 0 Å². The minimum Gasteiger partial charge on any atom is -0.497 e. The summed E-state index contributed by atoms with van der Waals surface area (Å²) in [5.41, 5.74) is 9.22. The maximum atomic E-state index is 5.88. The first-order chi connectivity index (χ1) is 10.2. The van der Waals surface area contributed by atoms with E-state index in [2.05, 4.69) is 23.3 Å². The van der Waals surface area contributed by atoms with E-state index in [1.807, 2.05) is 42.5 Å². The number of methoxy groups -OCH3 is 1. The van der Waals surface area contributed by atoms with Gasteiger partial charge in [0.05, 0.1) is 7.11 Å². The van der Waals surface area contributed by atoms with Crippen molar-refractivity contribution in [3.63, 3.8) is 0 Å². The van der Waals surface area contributed by atoms with Gasteiger partial charge in [0, 0.05) is 12.2 Å². The monoisotopic (exact) mass is 411 g/mol. The Hall–Kier alpha value is -1.76. The van der Waals surface area contributed by atoms with Crippen molar-refractivity contribution in [2.24, 2.45) is 10.7 Å². The average Bonchev–Trinajstić information content (AvgIpc) is 2.50. The Morgan fingerprint density at radius 3 is 2.59 bits per heavy atom. The highest BCUT2D eigenvalue weighted by atomic mass is 127. The van der Waals surface area contributed by atoms with Gasteiger partial charge in [0.1, 0.15) is 5.75 Å². The van der Waals surface area contributed by atoms with Gasteiger partial charge in [-0.2, -0.15) is 0 Å². The fraction of sp³-hybridized carbons (Fsp3) is 0.235. The van der Waals surface area contributed by atoms with Crippen LogP contribution in [0.2, 0.25) is 0 Å². The predicted octanol–water partition coefficient (Wildman–Crippen LogP) is 3.59. The predicted molar refractivity (Wildman–Crippen MR) is 103 cm³/mol. The van der Waals surface area contributed by atoms with Gasteiger partial charge in [-0.3, -0.25) is 4.99 Å². The van der Waals surface area contributed by atoms with Gasteiger partial charge in [0.25, 0.3) is 0 Å². The molecule has 0 saturated heterocycles. The summed E-state index contributed by atoms with van der Waals surface area (Å²) < 4.78 is 5.20. The Morgan fingerprint density at radius 1 is 1.18 bits per heavy atom. The lowest BCUT2D eigenvalue weighted by Gasteiger charge is -2.06. The van der Waals surface area contributed by atoms with Gasteiger partial charge in [0.2, 0.25) is 0 Å². The maximum Gasteiger partial charge on any atom is 0.193 e. The molecule has 118 valence electrons. The molecule has 4 nitrogen and oxygen atoms in total. The molecular weight excluding hydrogens is 389 g/mol. The highest BCUT2D eigenvalue weighted by molar-refractivity contribution is 14.0. The number of ether oxygens (including phenoxy) is 1. The van der Waals surface area contributed by atoms with E-state index in [1.54, 1.807) is 7.11 Å². The van der Waals surface area contributed by atoms with Crippen molar-refractivity contribution in [2.75, 3.05) is 19.0 Å². The minimum atomic E-state index is 0. The molecule has 0 radical (unpaired) electrons. The van der Waals surface area contributed by atoms with E-state index in [1.165, 1.54) is 11.1 Å². The number of halogens is 1. The summed E-state index contributed by atoms with van der Waals surface area (Å²) in [5, 5.41) is 3.08. The van der Waals surface area contributed by atoms with Gasteiger partial charge in [-0.1, -0.05) is 29.8 Å². The summed E-state index contributed by atoms with van der Waals surface area (Å²) in [7, 11) is 1.67. The van der Waals surface area contributed by atoms with E-state index < -0.39 is 0 Å². The van der Waals surface area contributed by atoms with Crippen LogP contribution in [0.3, 0.4) is 0 Å². The smallest absolute Gasteiger partial charge is 0.193 e. The van der Waals surface area contributed by atoms with E-state index >= 15 is 0 Å². The molecule has 0 aliphatic heterocycles. The van der Waals surface area contributed by atoms with E-state index in [-0.39, 0.29) is 24.0 Å². The number of aliphatic imine (C=N–C) groups is 1. The Balaban J connectivity index is 0.00000242. The van der Waals surface area contributed by atoms with Crippen LogP contribution in [0.25, 0.3) is 0 Å². The molecule has 0 aliphatic rings. The van der Waals surface area contributed by atoms with E-state index in [9.17, 15) is 0 Å². The fourth-order valence-corrected chi connectivity index (χ4v) is 1.96. The SMILES string of the molecule is COc1cccc(CCN=C(N)Nc2ccc(C)cc2)c1.I. The third-order valence-corrected chi connectivity index (χ3v) is 3.14. The summed E-state index contributed by atoms with van der Waals surface area (Å²) in [6.07, 6.45) is 0.827. The van der Waals surface area contributed by atoms with Gasteiger partial charge in [-0.15, -0.1) is 24.0 Å². The Morgan fingerprint density at radius 2 is 1.91 bits per heavy atom. The number of nitrogens with zero attached hydrogens (tertiary/aromatic N) is 1. The normalized spacial score (nSPS) is 10.7. The van der Waals surface area contributed by atoms with Crippen molar-refractivity contribution in [2.45, 2.75) is 13.3 Å². The summed E-state index contributed by atoms with van der Waals surface area (Å²) in [5.74, 6) is 1.30. The topological polar surface area (TPSA) is 59.6 Å². The van der Waals surface area contributed by atoms with Crippen molar-refractivity contribution in [3.05, 3.63) is 59.7 Å². The third kappa shape index (κ3) is 5.93. The average molecular weight is 411 g/mol. The number of benzene rings is 2. The van der Waals surface area contributed by atoms with Crippen molar-refractivity contribution < 1.29 is 4.74 Å². The number of guanidine groups is 1. The van der Waals surface area contributed by atoms with Crippen LogP contribution in [-0.2, 0) is 6.42 Å². The van der Waals surface area contributed by atoms with E-state index in [0.29, 0.717) is 12.5 Å². The quantitative estimate of drug-likeness (QED) is 0.449. The second kappa shape index (κ2) is 9.30. The molecule has 2 aromatic carbocycles. The number of nitrogens with two attached hydrogens (primary N) is 1. The van der Waals surface area contributed by atoms with Crippen LogP contribution in [0.1, 0.15) is 11.1 Å². The van der Waals surface area contributed by atoms with Crippen molar-refractivity contribution in [1.29, 1.82) is 0 Å². The molecule has 0 aliphatic carbocycles. The fourth-order valence-electron chi connectivity index (χ4n) is 1.96. The lowest BCUT2D eigenvalue weighted by atomic mass is 10.1. The second-order valence-corrected chi connectivity index (χ2v) is 4.86. The maximum absolute atomic E-state index is 5.88. The molecule has 0 saturated carbocycles. The highest BCUT2D eigenvalue weighted by Crippen LogP contribution is 2.13. The molecule has 3 N–H and O–H groups in total. The highest BCUT2D eigenvalue weighted by Gasteiger charge is 1.97. The first-order valence-electron chi connectivity index (χ1n) is 6.94. The standard InChI is InChI=1S/C17H21N3O.HI/c1-13-6-8-15(9-7-13)20-17(18)19-11-10-14-4-3-5-16(12-14)21-2;/h3-9,12H,10-11H2,1-2H3,(H3,18,19,20);1H. The second-order valence-electron chi connectivity index (χ2n) is 4.86. The van der Waals surface area contributed by atoms with Crippen LogP contribution in [0.5, 0.6) is 5.75 Å². The molecule has 0 aromatic heterocycles. The van der Waals surface area contributed by atoms with Crippen LogP contribution in [-0.4, -0.2) is 19.6 Å². The molecule has 0 amide bonds. The molecule has 0 heterocycles. The zero-order valence-corrected chi connectivity index (χ0v) is 15.2. The Kier molecular flexibility index (Phi) is 7.73. The van der Waals surface area contributed by atoms with E-state index in [0.717, 1.165) is 17.9 Å². The summed E-state index contributed by atoms with van der Waals surface area (Å²) in [4.78, 5) is 4.34. The number of anilines is 1. The molecule has 5 heteroatoms. The van der Waals surface area contributed by atoms with Gasteiger partial charge in [0.15, 0.2) is 5.96 Å². The molecular formula is C17H22IN3O. The number of aryl methyl sites for hydroxylation is 1. The zero-order valence-electron chi connectivity index (χ0n) is 12.9.